The van der Waals surface area contributed by atoms with Crippen LogP contribution in [0.2, 0.25) is 0 Å². The average molecular weight is 189 g/mol. The van der Waals surface area contributed by atoms with E-state index in [9.17, 15) is 9.18 Å². The maximum atomic E-state index is 12.8. The highest BCUT2D eigenvalue weighted by atomic mass is 19.1. The second kappa shape index (κ2) is 3.46. The van der Waals surface area contributed by atoms with Crippen molar-refractivity contribution in [2.45, 2.75) is 0 Å². The number of carbonyl (C=O) groups is 1. The van der Waals surface area contributed by atoms with E-state index in [1.54, 1.807) is 18.3 Å². The van der Waals surface area contributed by atoms with Gasteiger partial charge in [0.25, 0.3) is 0 Å². The first kappa shape index (κ1) is 8.69. The molecule has 0 amide bonds. The van der Waals surface area contributed by atoms with Gasteiger partial charge in [-0.1, -0.05) is 0 Å². The zero-order valence-electron chi connectivity index (χ0n) is 7.33. The molecule has 1 N–H and O–H groups in total. The van der Waals surface area contributed by atoms with Gasteiger partial charge in [-0.3, -0.25) is 4.79 Å². The number of nitrogens with one attached hydrogen (secondary N) is 1. The summed E-state index contributed by atoms with van der Waals surface area (Å²) >= 11 is 0. The number of allylic oxidation sites excluding steroid dienone is 1. The van der Waals surface area contributed by atoms with Gasteiger partial charge in [-0.15, -0.1) is 0 Å². The van der Waals surface area contributed by atoms with Gasteiger partial charge < -0.3 is 4.98 Å². The molecule has 0 aliphatic heterocycles. The van der Waals surface area contributed by atoms with Gasteiger partial charge >= 0.3 is 0 Å². The Morgan fingerprint density at radius 1 is 1.36 bits per heavy atom. The van der Waals surface area contributed by atoms with Crippen molar-refractivity contribution >= 4 is 23.3 Å². The van der Waals surface area contributed by atoms with Crippen molar-refractivity contribution in [1.29, 1.82) is 0 Å². The summed E-state index contributed by atoms with van der Waals surface area (Å²) in [6, 6.07) is 4.51. The van der Waals surface area contributed by atoms with Crippen molar-refractivity contribution in [3.8, 4) is 0 Å². The third kappa shape index (κ3) is 1.44. The molecule has 1 heterocycles. The Balaban J connectivity index is 2.58. The SMILES string of the molecule is O=CC=Cc1c[nH]c2cc(F)ccc12. The minimum atomic E-state index is -0.273. The van der Waals surface area contributed by atoms with E-state index in [0.29, 0.717) is 6.29 Å². The zero-order valence-corrected chi connectivity index (χ0v) is 7.33. The fourth-order valence-corrected chi connectivity index (χ4v) is 1.40. The van der Waals surface area contributed by atoms with E-state index in [2.05, 4.69) is 4.98 Å². The average Bonchev–Trinajstić information content (AvgIpc) is 2.57. The Hall–Kier alpha value is -1.90. The number of aromatic amines is 1. The molecule has 0 saturated carbocycles. The molecule has 0 aliphatic carbocycles. The minimum absolute atomic E-state index is 0.273. The van der Waals surface area contributed by atoms with Crippen LogP contribution in [-0.2, 0) is 4.79 Å². The van der Waals surface area contributed by atoms with Crippen LogP contribution in [0.1, 0.15) is 5.56 Å². The Labute approximate surface area is 80.1 Å². The lowest BCUT2D eigenvalue weighted by Crippen LogP contribution is -1.73. The number of rotatable bonds is 2. The van der Waals surface area contributed by atoms with Crippen LogP contribution in [0, 0.1) is 5.82 Å². The highest BCUT2D eigenvalue weighted by Gasteiger charge is 2.00. The highest BCUT2D eigenvalue weighted by Crippen LogP contribution is 2.19. The normalized spacial score (nSPS) is 11.2. The second-order valence-electron chi connectivity index (χ2n) is 2.93. The Bertz CT molecular complexity index is 499. The van der Waals surface area contributed by atoms with Crippen molar-refractivity contribution in [2.24, 2.45) is 0 Å². The number of aromatic nitrogens is 1. The first-order valence-corrected chi connectivity index (χ1v) is 4.20. The van der Waals surface area contributed by atoms with Crippen molar-refractivity contribution in [3.05, 3.63) is 41.9 Å². The number of benzene rings is 1. The molecule has 2 nitrogen and oxygen atoms in total. The maximum Gasteiger partial charge on any atom is 0.142 e. The summed E-state index contributed by atoms with van der Waals surface area (Å²) < 4.78 is 12.8. The molecule has 0 atom stereocenters. The molecule has 1 aromatic heterocycles. The van der Waals surface area contributed by atoms with Gasteiger partial charge in [0.15, 0.2) is 0 Å². The number of H-pyrrole nitrogens is 1. The van der Waals surface area contributed by atoms with E-state index < -0.39 is 0 Å². The summed E-state index contributed by atoms with van der Waals surface area (Å²) in [5, 5.41) is 0.907. The first-order valence-electron chi connectivity index (χ1n) is 4.20. The molecule has 2 aromatic rings. The summed E-state index contributed by atoms with van der Waals surface area (Å²) in [7, 11) is 0. The topological polar surface area (TPSA) is 32.9 Å². The third-order valence-electron chi connectivity index (χ3n) is 2.03. The summed E-state index contributed by atoms with van der Waals surface area (Å²) in [6.45, 7) is 0. The smallest absolute Gasteiger partial charge is 0.142 e. The standard InChI is InChI=1S/C11H8FNO/c12-9-3-4-10-8(2-1-5-14)7-13-11(10)6-9/h1-7,13H. The molecular formula is C11H8FNO. The molecule has 0 spiro atoms. The predicted molar refractivity (Wildman–Crippen MR) is 53.4 cm³/mol. The number of carbonyl (C=O) groups excluding carboxylic acids is 1. The van der Waals surface area contributed by atoms with E-state index in [4.69, 9.17) is 0 Å². The molecule has 14 heavy (non-hydrogen) atoms. The monoisotopic (exact) mass is 189 g/mol. The van der Waals surface area contributed by atoms with Crippen LogP contribution in [0.25, 0.3) is 17.0 Å². The molecule has 0 unspecified atom stereocenters. The Morgan fingerprint density at radius 3 is 3.00 bits per heavy atom. The van der Waals surface area contributed by atoms with Crippen LogP contribution in [-0.4, -0.2) is 11.3 Å². The summed E-state index contributed by atoms with van der Waals surface area (Å²) in [5.41, 5.74) is 1.61. The largest absolute Gasteiger partial charge is 0.360 e. The van der Waals surface area contributed by atoms with Crippen LogP contribution in [0.3, 0.4) is 0 Å². The second-order valence-corrected chi connectivity index (χ2v) is 2.93. The summed E-state index contributed by atoms with van der Waals surface area (Å²) in [6.07, 6.45) is 5.54. The molecule has 70 valence electrons. The van der Waals surface area contributed by atoms with Gasteiger partial charge in [0, 0.05) is 17.1 Å². The summed E-state index contributed by atoms with van der Waals surface area (Å²) in [4.78, 5) is 13.1. The minimum Gasteiger partial charge on any atom is -0.360 e. The number of halogens is 1. The fraction of sp³-hybridized carbons (Fsp3) is 0. The summed E-state index contributed by atoms with van der Waals surface area (Å²) in [5.74, 6) is -0.273. The Morgan fingerprint density at radius 2 is 2.21 bits per heavy atom. The van der Waals surface area contributed by atoms with Crippen molar-refractivity contribution in [1.82, 2.24) is 4.98 Å². The lowest BCUT2D eigenvalue weighted by Gasteiger charge is -1.91. The van der Waals surface area contributed by atoms with Gasteiger partial charge in [-0.2, -0.15) is 0 Å². The maximum absolute atomic E-state index is 12.8. The molecule has 0 aliphatic rings. The van der Waals surface area contributed by atoms with E-state index in [1.807, 2.05) is 0 Å². The van der Waals surface area contributed by atoms with Gasteiger partial charge in [-0.05, 0) is 35.9 Å². The van der Waals surface area contributed by atoms with Crippen LogP contribution in [0.5, 0.6) is 0 Å². The Kier molecular flexibility index (Phi) is 2.14. The van der Waals surface area contributed by atoms with Crippen LogP contribution < -0.4 is 0 Å². The van der Waals surface area contributed by atoms with Crippen molar-refractivity contribution in [2.75, 3.05) is 0 Å². The molecular weight excluding hydrogens is 181 g/mol. The van der Waals surface area contributed by atoms with Crippen molar-refractivity contribution in [3.63, 3.8) is 0 Å². The fourth-order valence-electron chi connectivity index (χ4n) is 1.40. The molecule has 0 radical (unpaired) electrons. The number of fused-ring (bicyclic) bond motifs is 1. The third-order valence-corrected chi connectivity index (χ3v) is 2.03. The first-order chi connectivity index (χ1) is 6.81. The molecule has 0 bridgehead atoms. The molecule has 0 saturated heterocycles. The number of hydrogen-bond acceptors (Lipinski definition) is 1. The van der Waals surface area contributed by atoms with E-state index >= 15 is 0 Å². The number of hydrogen-bond donors (Lipinski definition) is 1. The van der Waals surface area contributed by atoms with E-state index in [1.165, 1.54) is 18.2 Å². The van der Waals surface area contributed by atoms with Crippen LogP contribution >= 0.6 is 0 Å². The van der Waals surface area contributed by atoms with Gasteiger partial charge in [0.1, 0.15) is 12.1 Å². The lowest BCUT2D eigenvalue weighted by molar-refractivity contribution is -0.104. The van der Waals surface area contributed by atoms with E-state index in [0.717, 1.165) is 16.5 Å². The van der Waals surface area contributed by atoms with Gasteiger partial charge in [-0.25, -0.2) is 4.39 Å². The van der Waals surface area contributed by atoms with Crippen molar-refractivity contribution < 1.29 is 9.18 Å². The molecule has 3 heteroatoms. The van der Waals surface area contributed by atoms with Gasteiger partial charge in [0.2, 0.25) is 0 Å². The highest BCUT2D eigenvalue weighted by molar-refractivity contribution is 5.90. The molecule has 2 rings (SSSR count). The molecule has 0 fully saturated rings. The quantitative estimate of drug-likeness (QED) is 0.571. The molecule has 1 aromatic carbocycles. The van der Waals surface area contributed by atoms with E-state index in [-0.39, 0.29) is 5.82 Å². The van der Waals surface area contributed by atoms with Crippen LogP contribution in [0.4, 0.5) is 4.39 Å². The van der Waals surface area contributed by atoms with Crippen LogP contribution in [0.15, 0.2) is 30.5 Å². The zero-order chi connectivity index (χ0) is 9.97. The lowest BCUT2D eigenvalue weighted by atomic mass is 10.1. The van der Waals surface area contributed by atoms with Gasteiger partial charge in [0.05, 0.1) is 0 Å². The number of aldehydes is 1. The predicted octanol–water partition coefficient (Wildman–Crippen LogP) is 2.52.